The molecule has 0 unspecified atom stereocenters. The van der Waals surface area contributed by atoms with E-state index in [1.807, 2.05) is 27.0 Å². The van der Waals surface area contributed by atoms with E-state index in [4.69, 9.17) is 14.2 Å². The van der Waals surface area contributed by atoms with Crippen molar-refractivity contribution in [1.29, 1.82) is 0 Å². The molecule has 2 aliphatic carbocycles. The third kappa shape index (κ3) is 3.40. The number of likely N-dealkylation sites (N-methyl/N-ethyl adjacent to an activating group) is 1. The van der Waals surface area contributed by atoms with Crippen LogP contribution in [0.5, 0.6) is 11.5 Å². The highest BCUT2D eigenvalue weighted by atomic mass is 16.6. The first-order valence-electron chi connectivity index (χ1n) is 12.6. The van der Waals surface area contributed by atoms with Gasteiger partial charge in [0.05, 0.1) is 16.9 Å². The lowest BCUT2D eigenvalue weighted by Crippen LogP contribution is -2.74. The number of aliphatic hydroxyl groups is 1. The number of carbonyl (C=O) groups is 2. The fourth-order valence-electron chi connectivity index (χ4n) is 6.78. The van der Waals surface area contributed by atoms with Gasteiger partial charge in [-0.05, 0) is 63.4 Å². The van der Waals surface area contributed by atoms with Crippen molar-refractivity contribution in [3.8, 4) is 11.5 Å². The minimum Gasteiger partial charge on any atom is -0.504 e. The molecule has 2 aliphatic heterocycles. The van der Waals surface area contributed by atoms with Gasteiger partial charge in [-0.15, -0.1) is 0 Å². The second-order valence-corrected chi connectivity index (χ2v) is 11.1. The maximum atomic E-state index is 13.0. The number of likely N-dealkylation sites (tertiary alicyclic amines) is 1. The number of ether oxygens (including phenoxy) is 3. The molecule has 2 heterocycles. The van der Waals surface area contributed by atoms with Crippen LogP contribution in [0.3, 0.4) is 0 Å². The summed E-state index contributed by atoms with van der Waals surface area (Å²) < 4.78 is 17.5. The Balaban J connectivity index is 1.43. The molecule has 0 radical (unpaired) electrons. The number of benzene rings is 1. The SMILES string of the molecule is CC(C)C[C@H](C)C(=O)O[C@@H](C)C(=O)OC1=CC[C@@]2(O)[C@H]3Cc4ccc(O)c5c4[C@@]2(CCN3C)[C@H]1O5. The Hall–Kier alpha value is -2.58. The van der Waals surface area contributed by atoms with Crippen LogP contribution < -0.4 is 4.74 Å². The van der Waals surface area contributed by atoms with Crippen LogP contribution in [0.25, 0.3) is 0 Å². The molecule has 6 atom stereocenters. The molecule has 1 aromatic carbocycles. The lowest BCUT2D eigenvalue weighted by Gasteiger charge is -2.61. The molecule has 5 rings (SSSR count). The first kappa shape index (κ1) is 24.1. The summed E-state index contributed by atoms with van der Waals surface area (Å²) in [6, 6.07) is 3.40. The van der Waals surface area contributed by atoms with E-state index in [9.17, 15) is 19.8 Å². The second kappa shape index (κ2) is 8.23. The average molecular weight is 486 g/mol. The fourth-order valence-corrected chi connectivity index (χ4v) is 6.78. The van der Waals surface area contributed by atoms with Crippen LogP contribution in [0.4, 0.5) is 0 Å². The lowest BCUT2D eigenvalue weighted by atomic mass is 9.50. The average Bonchev–Trinajstić information content (AvgIpc) is 3.15. The van der Waals surface area contributed by atoms with Crippen LogP contribution in [0.1, 0.15) is 58.1 Å². The van der Waals surface area contributed by atoms with Crippen molar-refractivity contribution in [3.63, 3.8) is 0 Å². The molecule has 0 aromatic heterocycles. The smallest absolute Gasteiger partial charge is 0.352 e. The molecule has 0 saturated carbocycles. The van der Waals surface area contributed by atoms with Gasteiger partial charge in [0.1, 0.15) is 5.76 Å². The van der Waals surface area contributed by atoms with Crippen LogP contribution in [0.15, 0.2) is 24.0 Å². The number of hydrogen-bond donors (Lipinski definition) is 2. The summed E-state index contributed by atoms with van der Waals surface area (Å²) >= 11 is 0. The topological polar surface area (TPSA) is 106 Å². The van der Waals surface area contributed by atoms with Crippen molar-refractivity contribution in [2.75, 3.05) is 13.6 Å². The fraction of sp³-hybridized carbons (Fsp3) is 0.630. The van der Waals surface area contributed by atoms with Crippen LogP contribution >= 0.6 is 0 Å². The van der Waals surface area contributed by atoms with Crippen molar-refractivity contribution in [3.05, 3.63) is 35.1 Å². The molecule has 1 spiro atoms. The third-order valence-electron chi connectivity index (χ3n) is 8.42. The van der Waals surface area contributed by atoms with Crippen LogP contribution in [-0.2, 0) is 30.9 Å². The molecule has 2 bridgehead atoms. The van der Waals surface area contributed by atoms with E-state index >= 15 is 0 Å². The molecule has 1 saturated heterocycles. The van der Waals surface area contributed by atoms with Crippen LogP contribution in [0.2, 0.25) is 0 Å². The lowest BCUT2D eigenvalue weighted by molar-refractivity contribution is -0.176. The highest BCUT2D eigenvalue weighted by Crippen LogP contribution is 2.65. The first-order chi connectivity index (χ1) is 16.5. The normalized spacial score (nSPS) is 32.3. The Morgan fingerprint density at radius 3 is 2.69 bits per heavy atom. The number of carbonyl (C=O) groups excluding carboxylic acids is 2. The van der Waals surface area contributed by atoms with Gasteiger partial charge in [0.2, 0.25) is 0 Å². The second-order valence-electron chi connectivity index (χ2n) is 11.1. The number of esters is 2. The van der Waals surface area contributed by atoms with Crippen molar-refractivity contribution < 1.29 is 34.0 Å². The van der Waals surface area contributed by atoms with E-state index in [2.05, 4.69) is 4.90 Å². The van der Waals surface area contributed by atoms with Gasteiger partial charge >= 0.3 is 11.9 Å². The minimum atomic E-state index is -1.13. The summed E-state index contributed by atoms with van der Waals surface area (Å²) in [4.78, 5) is 27.6. The van der Waals surface area contributed by atoms with Gasteiger partial charge in [-0.1, -0.05) is 26.8 Å². The molecule has 0 amide bonds. The summed E-state index contributed by atoms with van der Waals surface area (Å²) in [6.45, 7) is 8.08. The molecule has 4 aliphatic rings. The number of phenolic OH excluding ortho intramolecular Hbond substituents is 1. The molecular formula is C27H35NO7. The summed E-state index contributed by atoms with van der Waals surface area (Å²) in [7, 11) is 2.02. The molecular weight excluding hydrogens is 450 g/mol. The Morgan fingerprint density at radius 2 is 1.97 bits per heavy atom. The molecule has 35 heavy (non-hydrogen) atoms. The van der Waals surface area contributed by atoms with E-state index in [0.29, 0.717) is 43.1 Å². The van der Waals surface area contributed by atoms with Gasteiger partial charge in [0, 0.05) is 18.0 Å². The number of phenols is 1. The van der Waals surface area contributed by atoms with E-state index in [1.54, 1.807) is 19.1 Å². The number of nitrogens with zero attached hydrogens (tertiary/aromatic N) is 1. The summed E-state index contributed by atoms with van der Waals surface area (Å²) in [5.74, 6) is -0.434. The Kier molecular flexibility index (Phi) is 5.68. The van der Waals surface area contributed by atoms with Crippen molar-refractivity contribution in [1.82, 2.24) is 4.90 Å². The number of aromatic hydroxyl groups is 1. The zero-order chi connectivity index (χ0) is 25.3. The van der Waals surface area contributed by atoms with E-state index in [-0.39, 0.29) is 17.7 Å². The zero-order valence-corrected chi connectivity index (χ0v) is 21.0. The third-order valence-corrected chi connectivity index (χ3v) is 8.42. The molecule has 190 valence electrons. The van der Waals surface area contributed by atoms with E-state index < -0.39 is 35.2 Å². The van der Waals surface area contributed by atoms with E-state index in [1.165, 1.54) is 6.92 Å². The van der Waals surface area contributed by atoms with Gasteiger partial charge in [-0.25, -0.2) is 4.79 Å². The molecule has 8 heteroatoms. The van der Waals surface area contributed by atoms with Gasteiger partial charge in [-0.2, -0.15) is 0 Å². The number of rotatable bonds is 6. The quantitative estimate of drug-likeness (QED) is 0.593. The maximum absolute atomic E-state index is 13.0. The van der Waals surface area contributed by atoms with Gasteiger partial charge in [0.25, 0.3) is 0 Å². The summed E-state index contributed by atoms with van der Waals surface area (Å²) in [5, 5.41) is 22.7. The summed E-state index contributed by atoms with van der Waals surface area (Å²) in [5.41, 5.74) is -0.0905. The standard InChI is InChI=1S/C27H35NO7/c1-14(2)12-15(3)24(30)33-16(4)25(31)34-19-8-9-27(32)20-13-17-6-7-18(29)22-21(17)26(27,23(19)35-22)10-11-28(20)5/h6-8,14-16,20,23,29,32H,9-13H2,1-5H3/t15-,16-,20+,23-,26-,27+/m0/s1. The largest absolute Gasteiger partial charge is 0.504 e. The summed E-state index contributed by atoms with van der Waals surface area (Å²) in [6.07, 6.45) is 2.08. The van der Waals surface area contributed by atoms with Crippen molar-refractivity contribution >= 4 is 11.9 Å². The van der Waals surface area contributed by atoms with Gasteiger partial charge in [-0.3, -0.25) is 4.79 Å². The number of piperidine rings is 1. The highest BCUT2D eigenvalue weighted by Gasteiger charge is 2.72. The molecule has 8 nitrogen and oxygen atoms in total. The Labute approximate surface area is 205 Å². The monoisotopic (exact) mass is 485 g/mol. The maximum Gasteiger partial charge on any atom is 0.352 e. The van der Waals surface area contributed by atoms with Crippen LogP contribution in [-0.4, -0.2) is 64.5 Å². The predicted molar refractivity (Wildman–Crippen MR) is 127 cm³/mol. The van der Waals surface area contributed by atoms with Gasteiger partial charge < -0.3 is 29.3 Å². The van der Waals surface area contributed by atoms with E-state index in [0.717, 1.165) is 17.7 Å². The Bertz CT molecular complexity index is 1100. The minimum absolute atomic E-state index is 0.0133. The first-order valence-corrected chi connectivity index (χ1v) is 12.6. The van der Waals surface area contributed by atoms with Crippen molar-refractivity contribution in [2.45, 2.75) is 82.6 Å². The number of hydrogen-bond acceptors (Lipinski definition) is 8. The molecule has 2 N–H and O–H groups in total. The molecule has 1 aromatic rings. The Morgan fingerprint density at radius 1 is 1.23 bits per heavy atom. The van der Waals surface area contributed by atoms with Crippen molar-refractivity contribution in [2.24, 2.45) is 11.8 Å². The van der Waals surface area contributed by atoms with Crippen LogP contribution in [0, 0.1) is 11.8 Å². The molecule has 1 fully saturated rings. The highest BCUT2D eigenvalue weighted by molar-refractivity contribution is 5.80. The zero-order valence-electron chi connectivity index (χ0n) is 21.0. The predicted octanol–water partition coefficient (Wildman–Crippen LogP) is 2.83. The van der Waals surface area contributed by atoms with Gasteiger partial charge in [0.15, 0.2) is 23.7 Å².